The molecule has 0 aliphatic rings. The zero-order chi connectivity index (χ0) is 25.5. The van der Waals surface area contributed by atoms with Gasteiger partial charge in [-0.2, -0.15) is 5.10 Å². The minimum atomic E-state index is -0.374. The van der Waals surface area contributed by atoms with Crippen molar-refractivity contribution in [3.63, 3.8) is 0 Å². The first kappa shape index (κ1) is 22.7. The van der Waals surface area contributed by atoms with Crippen LogP contribution < -0.4 is 10.1 Å². The summed E-state index contributed by atoms with van der Waals surface area (Å²) in [4.78, 5) is 16.8. The van der Waals surface area contributed by atoms with Crippen LogP contribution in [0, 0.1) is 5.82 Å². The summed E-state index contributed by atoms with van der Waals surface area (Å²) in [5, 5.41) is 12.7. The standard InChI is InChI=1S/C28H24FN7O/c1-15(2)33-20-5-17(10-30-12-20)18-7-23-27(35-36-28(23)32-11-18)25-9-22-24(13-31-14-26(22)34-25)16-4-19(29)8-21(6-16)37-3/h4-15,33-34H,1-3H3,(H,32,35,36). The molecule has 9 heteroatoms. The Balaban J connectivity index is 1.45. The molecule has 37 heavy (non-hydrogen) atoms. The highest BCUT2D eigenvalue weighted by atomic mass is 19.1. The van der Waals surface area contributed by atoms with Crippen molar-refractivity contribution in [1.82, 2.24) is 30.1 Å². The Bertz CT molecular complexity index is 1760. The SMILES string of the molecule is COc1cc(F)cc(-c2cncc3[nH]c(-c4n[nH]c5ncc(-c6cncc(NC(C)C)c6)cc45)cc23)c1. The lowest BCUT2D eigenvalue weighted by Crippen LogP contribution is -2.09. The normalized spacial score (nSPS) is 11.5. The van der Waals surface area contributed by atoms with E-state index in [4.69, 9.17) is 4.74 Å². The molecule has 0 saturated heterocycles. The molecule has 0 aliphatic carbocycles. The second-order valence-electron chi connectivity index (χ2n) is 9.16. The van der Waals surface area contributed by atoms with E-state index < -0.39 is 0 Å². The van der Waals surface area contributed by atoms with E-state index in [1.807, 2.05) is 24.7 Å². The molecule has 0 amide bonds. The smallest absolute Gasteiger partial charge is 0.155 e. The summed E-state index contributed by atoms with van der Waals surface area (Å²) in [5.74, 6) is 0.0722. The second kappa shape index (κ2) is 9.02. The van der Waals surface area contributed by atoms with E-state index in [0.29, 0.717) is 23.0 Å². The molecule has 184 valence electrons. The van der Waals surface area contributed by atoms with Crippen LogP contribution in [0.4, 0.5) is 10.1 Å². The fourth-order valence-corrected chi connectivity index (χ4v) is 4.52. The molecule has 0 radical (unpaired) electrons. The van der Waals surface area contributed by atoms with Crippen molar-refractivity contribution in [3.05, 3.63) is 73.2 Å². The molecule has 0 atom stereocenters. The molecule has 8 nitrogen and oxygen atoms in total. The lowest BCUT2D eigenvalue weighted by atomic mass is 10.0. The number of hydrogen-bond acceptors (Lipinski definition) is 6. The van der Waals surface area contributed by atoms with Crippen molar-refractivity contribution in [1.29, 1.82) is 0 Å². The zero-order valence-corrected chi connectivity index (χ0v) is 20.5. The highest BCUT2D eigenvalue weighted by molar-refractivity contribution is 6.00. The van der Waals surface area contributed by atoms with Crippen LogP contribution in [-0.4, -0.2) is 43.3 Å². The summed E-state index contributed by atoms with van der Waals surface area (Å²) >= 11 is 0. The molecule has 1 aromatic carbocycles. The number of fused-ring (bicyclic) bond motifs is 2. The first-order chi connectivity index (χ1) is 18.0. The Morgan fingerprint density at radius 2 is 1.70 bits per heavy atom. The Morgan fingerprint density at radius 1 is 0.865 bits per heavy atom. The monoisotopic (exact) mass is 493 g/mol. The van der Waals surface area contributed by atoms with Crippen molar-refractivity contribution in [2.75, 3.05) is 12.4 Å². The molecule has 5 aromatic heterocycles. The third kappa shape index (κ3) is 4.24. The minimum Gasteiger partial charge on any atom is -0.497 e. The van der Waals surface area contributed by atoms with Crippen molar-refractivity contribution in [2.24, 2.45) is 0 Å². The summed E-state index contributed by atoms with van der Waals surface area (Å²) in [7, 11) is 1.52. The van der Waals surface area contributed by atoms with E-state index >= 15 is 0 Å². The fourth-order valence-electron chi connectivity index (χ4n) is 4.52. The van der Waals surface area contributed by atoms with Gasteiger partial charge in [-0.25, -0.2) is 9.37 Å². The number of benzene rings is 1. The number of halogens is 1. The number of aromatic nitrogens is 6. The fraction of sp³-hybridized carbons (Fsp3) is 0.143. The van der Waals surface area contributed by atoms with Crippen LogP contribution in [0.3, 0.4) is 0 Å². The van der Waals surface area contributed by atoms with Gasteiger partial charge in [-0.05, 0) is 49.7 Å². The number of pyridine rings is 3. The number of hydrogen-bond donors (Lipinski definition) is 3. The Labute approximate surface area is 212 Å². The molecule has 5 heterocycles. The van der Waals surface area contributed by atoms with Crippen LogP contribution in [0.25, 0.3) is 55.6 Å². The third-order valence-electron chi connectivity index (χ3n) is 6.16. The summed E-state index contributed by atoms with van der Waals surface area (Å²) in [6.45, 7) is 4.17. The van der Waals surface area contributed by atoms with Crippen LogP contribution >= 0.6 is 0 Å². The average Bonchev–Trinajstić information content (AvgIpc) is 3.51. The molecule has 0 fully saturated rings. The van der Waals surface area contributed by atoms with Crippen LogP contribution in [0.1, 0.15) is 13.8 Å². The number of aromatic amines is 2. The molecular weight excluding hydrogens is 469 g/mol. The van der Waals surface area contributed by atoms with E-state index in [0.717, 1.165) is 50.1 Å². The Morgan fingerprint density at radius 3 is 2.54 bits per heavy atom. The van der Waals surface area contributed by atoms with Gasteiger partial charge in [0.1, 0.15) is 17.3 Å². The first-order valence-corrected chi connectivity index (χ1v) is 11.9. The van der Waals surface area contributed by atoms with Gasteiger partial charge < -0.3 is 15.0 Å². The summed E-state index contributed by atoms with van der Waals surface area (Å²) in [6, 6.07) is 11.0. The number of rotatable bonds is 6. The van der Waals surface area contributed by atoms with Crippen molar-refractivity contribution >= 4 is 27.6 Å². The van der Waals surface area contributed by atoms with Crippen LogP contribution in [0.15, 0.2) is 67.4 Å². The first-order valence-electron chi connectivity index (χ1n) is 11.9. The summed E-state index contributed by atoms with van der Waals surface area (Å²) in [6.07, 6.45) is 8.91. The number of methoxy groups -OCH3 is 1. The Kier molecular flexibility index (Phi) is 5.52. The third-order valence-corrected chi connectivity index (χ3v) is 6.16. The number of ether oxygens (including phenoxy) is 1. The summed E-state index contributed by atoms with van der Waals surface area (Å²) < 4.78 is 19.5. The quantitative estimate of drug-likeness (QED) is 0.255. The van der Waals surface area contributed by atoms with Gasteiger partial charge in [0.2, 0.25) is 0 Å². The van der Waals surface area contributed by atoms with Crippen molar-refractivity contribution in [2.45, 2.75) is 19.9 Å². The predicted molar refractivity (Wildman–Crippen MR) is 143 cm³/mol. The number of anilines is 1. The molecular formula is C28H24FN7O. The minimum absolute atomic E-state index is 0.299. The van der Waals surface area contributed by atoms with E-state index in [9.17, 15) is 4.39 Å². The zero-order valence-electron chi connectivity index (χ0n) is 20.5. The van der Waals surface area contributed by atoms with Gasteiger partial charge in [0.25, 0.3) is 0 Å². The van der Waals surface area contributed by atoms with E-state index in [2.05, 4.69) is 61.4 Å². The number of nitrogens with one attached hydrogen (secondary N) is 3. The van der Waals surface area contributed by atoms with Gasteiger partial charge in [-0.15, -0.1) is 0 Å². The van der Waals surface area contributed by atoms with Gasteiger partial charge in [-0.3, -0.25) is 15.1 Å². The molecule has 6 aromatic rings. The predicted octanol–water partition coefficient (Wildman–Crippen LogP) is 6.20. The second-order valence-corrected chi connectivity index (χ2v) is 9.16. The molecule has 3 N–H and O–H groups in total. The van der Waals surface area contributed by atoms with E-state index in [1.54, 1.807) is 18.5 Å². The van der Waals surface area contributed by atoms with Gasteiger partial charge >= 0.3 is 0 Å². The lowest BCUT2D eigenvalue weighted by molar-refractivity contribution is 0.411. The number of nitrogens with zero attached hydrogens (tertiary/aromatic N) is 4. The van der Waals surface area contributed by atoms with Gasteiger partial charge in [0.15, 0.2) is 5.65 Å². The van der Waals surface area contributed by atoms with Crippen LogP contribution in [0.2, 0.25) is 0 Å². The maximum Gasteiger partial charge on any atom is 0.155 e. The molecule has 0 saturated carbocycles. The van der Waals surface area contributed by atoms with Gasteiger partial charge in [-0.1, -0.05) is 0 Å². The van der Waals surface area contributed by atoms with Crippen molar-refractivity contribution in [3.8, 4) is 39.4 Å². The highest BCUT2D eigenvalue weighted by Crippen LogP contribution is 2.35. The molecule has 0 bridgehead atoms. The maximum absolute atomic E-state index is 14.2. The highest BCUT2D eigenvalue weighted by Gasteiger charge is 2.16. The van der Waals surface area contributed by atoms with E-state index in [1.165, 1.54) is 19.2 Å². The average molecular weight is 494 g/mol. The van der Waals surface area contributed by atoms with Crippen molar-refractivity contribution < 1.29 is 9.13 Å². The molecule has 0 spiro atoms. The van der Waals surface area contributed by atoms with E-state index in [-0.39, 0.29) is 5.82 Å². The lowest BCUT2D eigenvalue weighted by Gasteiger charge is -2.10. The van der Waals surface area contributed by atoms with Gasteiger partial charge in [0, 0.05) is 64.4 Å². The maximum atomic E-state index is 14.2. The van der Waals surface area contributed by atoms with Gasteiger partial charge in [0.05, 0.1) is 30.2 Å². The van der Waals surface area contributed by atoms with Crippen LogP contribution in [0.5, 0.6) is 5.75 Å². The molecule has 0 aliphatic heterocycles. The van der Waals surface area contributed by atoms with Crippen LogP contribution in [-0.2, 0) is 0 Å². The topological polar surface area (TPSA) is 104 Å². The molecule has 0 unspecified atom stereocenters. The Hall–Kier alpha value is -4.79. The summed E-state index contributed by atoms with van der Waals surface area (Å²) in [5.41, 5.74) is 7.32. The molecule has 6 rings (SSSR count). The number of H-pyrrole nitrogens is 2. The largest absolute Gasteiger partial charge is 0.497 e.